The first-order valence-electron chi connectivity index (χ1n) is 7.18. The van der Waals surface area contributed by atoms with Gasteiger partial charge in [-0.1, -0.05) is 18.2 Å². The molecule has 0 saturated carbocycles. The zero-order valence-electron chi connectivity index (χ0n) is 12.9. The summed E-state index contributed by atoms with van der Waals surface area (Å²) in [5, 5.41) is 12.5. The van der Waals surface area contributed by atoms with Crippen LogP contribution in [-0.4, -0.2) is 44.2 Å². The molecule has 0 aliphatic rings. The fraction of sp³-hybridized carbons (Fsp3) is 0.357. The number of para-hydroxylation sites is 1. The lowest BCUT2D eigenvalue weighted by atomic mass is 10.3. The van der Waals surface area contributed by atoms with Gasteiger partial charge in [0.2, 0.25) is 11.8 Å². The van der Waals surface area contributed by atoms with Crippen molar-refractivity contribution < 1.29 is 9.59 Å². The van der Waals surface area contributed by atoms with E-state index in [9.17, 15) is 14.4 Å². The molecule has 1 atom stereocenters. The van der Waals surface area contributed by atoms with Crippen molar-refractivity contribution in [1.82, 2.24) is 30.4 Å². The van der Waals surface area contributed by atoms with Crippen LogP contribution in [0.3, 0.4) is 0 Å². The Bertz CT molecular complexity index is 736. The molecule has 0 unspecified atom stereocenters. The Morgan fingerprint density at radius 3 is 2.57 bits per heavy atom. The van der Waals surface area contributed by atoms with Crippen LogP contribution in [0.5, 0.6) is 0 Å². The van der Waals surface area contributed by atoms with Gasteiger partial charge in [-0.05, 0) is 36.4 Å². The number of likely N-dealkylation sites (N-methyl/N-ethyl adjacent to an activating group) is 1. The highest BCUT2D eigenvalue weighted by Crippen LogP contribution is 2.00. The molecule has 0 aliphatic heterocycles. The number of tetrazole rings is 1. The zero-order valence-corrected chi connectivity index (χ0v) is 12.9. The summed E-state index contributed by atoms with van der Waals surface area (Å²) in [6.45, 7) is 3.51. The molecule has 2 amide bonds. The second kappa shape index (κ2) is 7.34. The highest BCUT2D eigenvalue weighted by atomic mass is 16.2. The van der Waals surface area contributed by atoms with Gasteiger partial charge in [-0.3, -0.25) is 9.59 Å². The quantitative estimate of drug-likeness (QED) is 0.715. The molecule has 2 aromatic rings. The lowest BCUT2D eigenvalue weighted by molar-refractivity contribution is -0.128. The average Bonchev–Trinajstić information content (AvgIpc) is 2.89. The average molecular weight is 318 g/mol. The maximum absolute atomic E-state index is 12.2. The molecule has 9 heteroatoms. The number of amides is 2. The second-order valence-electron chi connectivity index (χ2n) is 4.85. The SMILES string of the molecule is CCNC(=O)[C@@H](C)NC(=O)Cn1nnn(-c2ccccc2)c1=O. The van der Waals surface area contributed by atoms with Gasteiger partial charge in [0.1, 0.15) is 12.6 Å². The van der Waals surface area contributed by atoms with Crippen molar-refractivity contribution in [2.45, 2.75) is 26.4 Å². The number of carbonyl (C=O) groups is 2. The molecule has 0 bridgehead atoms. The Morgan fingerprint density at radius 2 is 1.91 bits per heavy atom. The summed E-state index contributed by atoms with van der Waals surface area (Å²) in [6, 6.07) is 8.07. The van der Waals surface area contributed by atoms with Gasteiger partial charge in [0, 0.05) is 6.54 Å². The van der Waals surface area contributed by atoms with Gasteiger partial charge >= 0.3 is 5.69 Å². The molecule has 9 nitrogen and oxygen atoms in total. The minimum atomic E-state index is -0.692. The molecular formula is C14H18N6O3. The van der Waals surface area contributed by atoms with Crippen LogP contribution >= 0.6 is 0 Å². The van der Waals surface area contributed by atoms with E-state index in [1.54, 1.807) is 38.1 Å². The van der Waals surface area contributed by atoms with Gasteiger partial charge in [0.25, 0.3) is 0 Å². The smallest absolute Gasteiger partial charge is 0.355 e. The zero-order chi connectivity index (χ0) is 16.8. The van der Waals surface area contributed by atoms with E-state index in [4.69, 9.17) is 0 Å². The summed E-state index contributed by atoms with van der Waals surface area (Å²) < 4.78 is 2.03. The summed E-state index contributed by atoms with van der Waals surface area (Å²) in [5.41, 5.74) is 0.0249. The van der Waals surface area contributed by atoms with Crippen LogP contribution in [0.25, 0.3) is 5.69 Å². The van der Waals surface area contributed by atoms with Crippen molar-refractivity contribution in [2.75, 3.05) is 6.54 Å². The van der Waals surface area contributed by atoms with E-state index in [1.165, 1.54) is 0 Å². The van der Waals surface area contributed by atoms with Crippen molar-refractivity contribution in [3.63, 3.8) is 0 Å². The molecule has 2 rings (SSSR count). The molecule has 0 fully saturated rings. The largest absolute Gasteiger partial charge is 0.368 e. The van der Waals surface area contributed by atoms with Crippen molar-refractivity contribution >= 4 is 11.8 Å². The normalized spacial score (nSPS) is 11.7. The molecule has 0 saturated heterocycles. The minimum absolute atomic E-state index is 0.291. The summed E-state index contributed by atoms with van der Waals surface area (Å²) in [6.07, 6.45) is 0. The highest BCUT2D eigenvalue weighted by molar-refractivity contribution is 5.87. The van der Waals surface area contributed by atoms with Gasteiger partial charge in [-0.2, -0.15) is 9.36 Å². The fourth-order valence-corrected chi connectivity index (χ4v) is 1.92. The highest BCUT2D eigenvalue weighted by Gasteiger charge is 2.17. The number of hydrogen-bond donors (Lipinski definition) is 2. The first-order valence-corrected chi connectivity index (χ1v) is 7.18. The summed E-state index contributed by atoms with van der Waals surface area (Å²) in [7, 11) is 0. The Hall–Kier alpha value is -2.97. The van der Waals surface area contributed by atoms with Crippen LogP contribution < -0.4 is 16.3 Å². The van der Waals surface area contributed by atoms with Crippen LogP contribution in [-0.2, 0) is 16.1 Å². The summed E-state index contributed by atoms with van der Waals surface area (Å²) >= 11 is 0. The van der Waals surface area contributed by atoms with Crippen molar-refractivity contribution in [3.8, 4) is 5.69 Å². The maximum Gasteiger partial charge on any atom is 0.368 e. The minimum Gasteiger partial charge on any atom is -0.355 e. The van der Waals surface area contributed by atoms with E-state index in [0.717, 1.165) is 9.36 Å². The van der Waals surface area contributed by atoms with Gasteiger partial charge in [-0.25, -0.2) is 4.79 Å². The number of hydrogen-bond acceptors (Lipinski definition) is 5. The number of carbonyl (C=O) groups excluding carboxylic acids is 2. The van der Waals surface area contributed by atoms with E-state index in [0.29, 0.717) is 12.2 Å². The standard InChI is InChI=1S/C14H18N6O3/c1-3-15-13(22)10(2)16-12(21)9-19-14(23)20(18-17-19)11-7-5-4-6-8-11/h4-8,10H,3,9H2,1-2H3,(H,15,22)(H,16,21)/t10-/m1/s1. The van der Waals surface area contributed by atoms with E-state index >= 15 is 0 Å². The van der Waals surface area contributed by atoms with E-state index in [1.807, 2.05) is 6.07 Å². The van der Waals surface area contributed by atoms with Gasteiger partial charge in [-0.15, -0.1) is 0 Å². The lowest BCUT2D eigenvalue weighted by Crippen LogP contribution is -2.46. The van der Waals surface area contributed by atoms with Crippen LogP contribution in [0.15, 0.2) is 35.1 Å². The topological polar surface area (TPSA) is 111 Å². The number of rotatable bonds is 6. The molecule has 23 heavy (non-hydrogen) atoms. The van der Waals surface area contributed by atoms with Crippen LogP contribution in [0.2, 0.25) is 0 Å². The van der Waals surface area contributed by atoms with Crippen LogP contribution in [0, 0.1) is 0 Å². The Balaban J connectivity index is 2.04. The molecule has 122 valence electrons. The number of benzene rings is 1. The number of aromatic nitrogens is 4. The first kappa shape index (κ1) is 16.4. The molecule has 1 aromatic carbocycles. The Kier molecular flexibility index (Phi) is 5.23. The summed E-state index contributed by atoms with van der Waals surface area (Å²) in [5.74, 6) is -0.785. The second-order valence-corrected chi connectivity index (χ2v) is 4.85. The van der Waals surface area contributed by atoms with Gasteiger partial charge in [0.05, 0.1) is 5.69 Å². The molecule has 2 N–H and O–H groups in total. The van der Waals surface area contributed by atoms with Gasteiger partial charge < -0.3 is 10.6 Å². The van der Waals surface area contributed by atoms with Crippen molar-refractivity contribution in [2.24, 2.45) is 0 Å². The van der Waals surface area contributed by atoms with Gasteiger partial charge in [0.15, 0.2) is 0 Å². The molecule has 0 aliphatic carbocycles. The molecule has 1 heterocycles. The molecule has 1 aromatic heterocycles. The third kappa shape index (κ3) is 4.02. The number of nitrogens with zero attached hydrogens (tertiary/aromatic N) is 4. The van der Waals surface area contributed by atoms with Crippen LogP contribution in [0.4, 0.5) is 0 Å². The Morgan fingerprint density at radius 1 is 1.22 bits per heavy atom. The lowest BCUT2D eigenvalue weighted by Gasteiger charge is -2.12. The fourth-order valence-electron chi connectivity index (χ4n) is 1.92. The third-order valence-corrected chi connectivity index (χ3v) is 3.06. The predicted octanol–water partition coefficient (Wildman–Crippen LogP) is -0.930. The van der Waals surface area contributed by atoms with Crippen molar-refractivity contribution in [1.29, 1.82) is 0 Å². The van der Waals surface area contributed by atoms with Crippen molar-refractivity contribution in [3.05, 3.63) is 40.8 Å². The Labute approximate surface area is 132 Å². The summed E-state index contributed by atoms with van der Waals surface area (Å²) in [4.78, 5) is 35.6. The molecule has 0 radical (unpaired) electrons. The predicted molar refractivity (Wildman–Crippen MR) is 81.9 cm³/mol. The van der Waals surface area contributed by atoms with E-state index < -0.39 is 17.6 Å². The van der Waals surface area contributed by atoms with E-state index in [2.05, 4.69) is 21.1 Å². The number of nitrogens with one attached hydrogen (secondary N) is 2. The maximum atomic E-state index is 12.2. The first-order chi connectivity index (χ1) is 11.0. The van der Waals surface area contributed by atoms with E-state index in [-0.39, 0.29) is 12.5 Å². The van der Waals surface area contributed by atoms with Crippen LogP contribution in [0.1, 0.15) is 13.8 Å². The molecular weight excluding hydrogens is 300 g/mol. The molecule has 0 spiro atoms. The third-order valence-electron chi connectivity index (χ3n) is 3.06. The monoisotopic (exact) mass is 318 g/mol.